The van der Waals surface area contributed by atoms with E-state index in [0.29, 0.717) is 11.6 Å². The molecule has 0 unspecified atom stereocenters. The molecule has 6 heteroatoms. The van der Waals surface area contributed by atoms with Crippen LogP contribution in [0.25, 0.3) is 6.08 Å². The lowest BCUT2D eigenvalue weighted by Crippen LogP contribution is -2.41. The fraction of sp³-hybridized carbons (Fsp3) is 0.565. The van der Waals surface area contributed by atoms with E-state index in [0.717, 1.165) is 69.2 Å². The Morgan fingerprint density at radius 2 is 1.52 bits per heavy atom. The molecule has 0 spiro atoms. The van der Waals surface area contributed by atoms with Gasteiger partial charge in [-0.05, 0) is 75.3 Å². The largest absolute Gasteiger partial charge is 0.372 e. The van der Waals surface area contributed by atoms with Crippen LogP contribution in [0.2, 0.25) is 0 Å². The molecule has 1 aromatic rings. The Hall–Kier alpha value is -1.79. The monoisotopic (exact) mass is 417 g/mol. The fourth-order valence-electron chi connectivity index (χ4n) is 3.36. The summed E-state index contributed by atoms with van der Waals surface area (Å²) in [5.41, 5.74) is 2.11. The molecule has 1 aliphatic heterocycles. The fourth-order valence-corrected chi connectivity index (χ4v) is 4.19. The normalized spacial score (nSPS) is 15.8. The highest BCUT2D eigenvalue weighted by atomic mass is 32.2. The van der Waals surface area contributed by atoms with Gasteiger partial charge in [0.1, 0.15) is 0 Å². The van der Waals surface area contributed by atoms with Gasteiger partial charge in [-0.1, -0.05) is 38.8 Å². The topological polar surface area (TPSA) is 43.9 Å². The summed E-state index contributed by atoms with van der Waals surface area (Å²) < 4.78 is 0. The molecular formula is C23H35N3O2S. The van der Waals surface area contributed by atoms with Gasteiger partial charge in [0.2, 0.25) is 0 Å². The number of thioether (sulfide) groups is 1. The zero-order chi connectivity index (χ0) is 21.2. The highest BCUT2D eigenvalue weighted by Gasteiger charge is 2.35. The summed E-state index contributed by atoms with van der Waals surface area (Å²) in [6.07, 6.45) is 6.20. The lowest BCUT2D eigenvalue weighted by molar-refractivity contribution is -0.124. The molecule has 1 aromatic carbocycles. The summed E-state index contributed by atoms with van der Waals surface area (Å²) in [4.78, 5) is 31.7. The van der Waals surface area contributed by atoms with Crippen molar-refractivity contribution in [2.75, 3.05) is 37.7 Å². The van der Waals surface area contributed by atoms with Crippen LogP contribution in [0.15, 0.2) is 29.2 Å². The number of anilines is 1. The predicted octanol–water partition coefficient (Wildman–Crippen LogP) is 5.43. The van der Waals surface area contributed by atoms with Crippen LogP contribution >= 0.6 is 11.8 Å². The molecule has 0 radical (unpaired) electrons. The number of unbranched alkanes of at least 4 members (excludes halogenated alkanes) is 2. The highest BCUT2D eigenvalue weighted by molar-refractivity contribution is 8.18. The van der Waals surface area contributed by atoms with E-state index in [-0.39, 0.29) is 11.1 Å². The zero-order valence-electron chi connectivity index (χ0n) is 18.3. The number of imide groups is 1. The van der Waals surface area contributed by atoms with Crippen molar-refractivity contribution in [1.82, 2.24) is 9.80 Å². The van der Waals surface area contributed by atoms with Crippen LogP contribution in [0.4, 0.5) is 10.5 Å². The van der Waals surface area contributed by atoms with Gasteiger partial charge in [0.05, 0.1) is 11.6 Å². The first-order valence-corrected chi connectivity index (χ1v) is 11.7. The van der Waals surface area contributed by atoms with Crippen molar-refractivity contribution >= 4 is 34.7 Å². The summed E-state index contributed by atoms with van der Waals surface area (Å²) in [7, 11) is 0. The molecule has 1 aliphatic rings. The molecular weight excluding hydrogens is 382 g/mol. The van der Waals surface area contributed by atoms with Gasteiger partial charge in [-0.2, -0.15) is 0 Å². The quantitative estimate of drug-likeness (QED) is 0.424. The number of rotatable bonds is 12. The predicted molar refractivity (Wildman–Crippen MR) is 124 cm³/mol. The van der Waals surface area contributed by atoms with Gasteiger partial charge in [-0.3, -0.25) is 19.4 Å². The first-order chi connectivity index (χ1) is 14.0. The van der Waals surface area contributed by atoms with Crippen LogP contribution in [0, 0.1) is 0 Å². The number of carbonyl (C=O) groups excluding carboxylic acids is 2. The van der Waals surface area contributed by atoms with E-state index in [1.54, 1.807) is 0 Å². The third-order valence-corrected chi connectivity index (χ3v) is 6.10. The third kappa shape index (κ3) is 6.61. The Bertz CT molecular complexity index is 691. The number of hydrogen-bond acceptors (Lipinski definition) is 5. The molecule has 1 heterocycles. The van der Waals surface area contributed by atoms with Crippen molar-refractivity contribution in [3.05, 3.63) is 34.7 Å². The molecule has 0 saturated carbocycles. The highest BCUT2D eigenvalue weighted by Crippen LogP contribution is 2.32. The number of amides is 2. The lowest BCUT2D eigenvalue weighted by atomic mass is 10.1. The van der Waals surface area contributed by atoms with Crippen molar-refractivity contribution < 1.29 is 9.59 Å². The van der Waals surface area contributed by atoms with Gasteiger partial charge in [-0.25, -0.2) is 0 Å². The summed E-state index contributed by atoms with van der Waals surface area (Å²) in [5, 5.41) is -0.168. The second-order valence-electron chi connectivity index (χ2n) is 7.34. The minimum absolute atomic E-state index is 0.168. The second kappa shape index (κ2) is 12.0. The SMILES string of the molecule is CCCCN(CCCC)CN1C(=O)S/C(=C/c2ccc(N(CC)CC)cc2)C1=O. The molecule has 0 aromatic heterocycles. The van der Waals surface area contributed by atoms with Crippen LogP contribution in [0.1, 0.15) is 58.9 Å². The summed E-state index contributed by atoms with van der Waals surface area (Å²) in [5.74, 6) is -0.175. The third-order valence-electron chi connectivity index (χ3n) is 5.19. The second-order valence-corrected chi connectivity index (χ2v) is 8.33. The van der Waals surface area contributed by atoms with Crippen LogP contribution in [0.5, 0.6) is 0 Å². The summed E-state index contributed by atoms with van der Waals surface area (Å²) in [6.45, 7) is 12.7. The molecule has 160 valence electrons. The maximum atomic E-state index is 12.9. The Labute approximate surface area is 180 Å². The first-order valence-electron chi connectivity index (χ1n) is 10.9. The number of nitrogens with zero attached hydrogens (tertiary/aromatic N) is 3. The molecule has 0 N–H and O–H groups in total. The van der Waals surface area contributed by atoms with E-state index in [1.807, 2.05) is 18.2 Å². The van der Waals surface area contributed by atoms with Gasteiger partial charge < -0.3 is 4.90 Å². The maximum Gasteiger partial charge on any atom is 0.294 e. The number of hydrogen-bond donors (Lipinski definition) is 0. The van der Waals surface area contributed by atoms with Crippen molar-refractivity contribution in [3.8, 4) is 0 Å². The van der Waals surface area contributed by atoms with Crippen LogP contribution in [-0.2, 0) is 4.79 Å². The molecule has 2 rings (SSSR count). The maximum absolute atomic E-state index is 12.9. The molecule has 0 bridgehead atoms. The lowest BCUT2D eigenvalue weighted by Gasteiger charge is -2.26. The van der Waals surface area contributed by atoms with Crippen molar-refractivity contribution in [2.24, 2.45) is 0 Å². The summed E-state index contributed by atoms with van der Waals surface area (Å²) in [6, 6.07) is 8.16. The summed E-state index contributed by atoms with van der Waals surface area (Å²) >= 11 is 1.05. The molecule has 5 nitrogen and oxygen atoms in total. The average Bonchev–Trinajstić information content (AvgIpc) is 2.99. The van der Waals surface area contributed by atoms with E-state index in [2.05, 4.69) is 49.6 Å². The van der Waals surface area contributed by atoms with E-state index < -0.39 is 0 Å². The molecule has 1 saturated heterocycles. The minimum atomic E-state index is -0.175. The van der Waals surface area contributed by atoms with Crippen LogP contribution in [0.3, 0.4) is 0 Å². The van der Waals surface area contributed by atoms with Gasteiger partial charge in [-0.15, -0.1) is 0 Å². The van der Waals surface area contributed by atoms with E-state index >= 15 is 0 Å². The Morgan fingerprint density at radius 1 is 0.931 bits per heavy atom. The van der Waals surface area contributed by atoms with Crippen LogP contribution < -0.4 is 4.90 Å². The van der Waals surface area contributed by atoms with Gasteiger partial charge >= 0.3 is 0 Å². The van der Waals surface area contributed by atoms with Crippen LogP contribution in [-0.4, -0.2) is 53.8 Å². The van der Waals surface area contributed by atoms with Crippen molar-refractivity contribution in [2.45, 2.75) is 53.4 Å². The minimum Gasteiger partial charge on any atom is -0.372 e. The number of carbonyl (C=O) groups is 2. The van der Waals surface area contributed by atoms with Gasteiger partial charge in [0.15, 0.2) is 0 Å². The van der Waals surface area contributed by atoms with Crippen molar-refractivity contribution in [1.29, 1.82) is 0 Å². The molecule has 0 aliphatic carbocycles. The van der Waals surface area contributed by atoms with E-state index in [1.165, 1.54) is 10.6 Å². The smallest absolute Gasteiger partial charge is 0.294 e. The molecule has 1 fully saturated rings. The molecule has 29 heavy (non-hydrogen) atoms. The first kappa shape index (κ1) is 23.5. The van der Waals surface area contributed by atoms with Gasteiger partial charge in [0, 0.05) is 18.8 Å². The zero-order valence-corrected chi connectivity index (χ0v) is 19.1. The Kier molecular flexibility index (Phi) is 9.74. The van der Waals surface area contributed by atoms with Crippen molar-refractivity contribution in [3.63, 3.8) is 0 Å². The van der Waals surface area contributed by atoms with E-state index in [9.17, 15) is 9.59 Å². The Balaban J connectivity index is 2.08. The molecule has 2 amide bonds. The van der Waals surface area contributed by atoms with Gasteiger partial charge in [0.25, 0.3) is 11.1 Å². The van der Waals surface area contributed by atoms with E-state index in [4.69, 9.17) is 0 Å². The molecule has 0 atom stereocenters. The Morgan fingerprint density at radius 3 is 2.03 bits per heavy atom. The average molecular weight is 418 g/mol. The standard InChI is InChI=1S/C23H35N3O2S/c1-5-9-15-24(16-10-6-2)18-26-22(27)21(29-23(26)28)17-19-11-13-20(14-12-19)25(7-3)8-4/h11-14,17H,5-10,15-16,18H2,1-4H3/b21-17+. The number of benzene rings is 1.